The maximum atomic E-state index is 11.8. The number of hydrogen-bond acceptors (Lipinski definition) is 4. The molecule has 0 fully saturated rings. The molecule has 2 aromatic heterocycles. The van der Waals surface area contributed by atoms with Crippen molar-refractivity contribution in [3.63, 3.8) is 0 Å². The summed E-state index contributed by atoms with van der Waals surface area (Å²) in [5.74, 6) is 1.58. The van der Waals surface area contributed by atoms with Crippen LogP contribution < -0.4 is 0 Å². The van der Waals surface area contributed by atoms with Crippen LogP contribution in [0.3, 0.4) is 0 Å². The van der Waals surface area contributed by atoms with E-state index in [1.165, 1.54) is 11.3 Å². The highest BCUT2D eigenvalue weighted by atomic mass is 35.5. The summed E-state index contributed by atoms with van der Waals surface area (Å²) >= 11 is 7.26. The van der Waals surface area contributed by atoms with Crippen LogP contribution in [0.2, 0.25) is 4.34 Å². The standard InChI is InChI=1S/C10H10ClNO2S2/c1-7-4-8(14-12-7)5-16(13)6-9-2-3-10(11)15-9/h2-4H,5-6H2,1H3/t16-/m1/s1. The highest BCUT2D eigenvalue weighted by molar-refractivity contribution is 7.83. The van der Waals surface area contributed by atoms with E-state index in [0.29, 0.717) is 17.3 Å². The lowest BCUT2D eigenvalue weighted by atomic mass is 10.4. The van der Waals surface area contributed by atoms with Gasteiger partial charge in [-0.05, 0) is 19.1 Å². The van der Waals surface area contributed by atoms with E-state index >= 15 is 0 Å². The average Bonchev–Trinajstić information content (AvgIpc) is 2.76. The number of rotatable bonds is 4. The smallest absolute Gasteiger partial charge is 0.149 e. The minimum atomic E-state index is -0.977. The van der Waals surface area contributed by atoms with Crippen molar-refractivity contribution in [3.8, 4) is 0 Å². The van der Waals surface area contributed by atoms with Crippen LogP contribution in [-0.4, -0.2) is 9.37 Å². The predicted octanol–water partition coefficient (Wildman–Crippen LogP) is 3.15. The van der Waals surface area contributed by atoms with E-state index < -0.39 is 10.8 Å². The van der Waals surface area contributed by atoms with Gasteiger partial charge in [0.25, 0.3) is 0 Å². The van der Waals surface area contributed by atoms with E-state index in [2.05, 4.69) is 5.16 Å². The Morgan fingerprint density at radius 2 is 2.31 bits per heavy atom. The van der Waals surface area contributed by atoms with Crippen molar-refractivity contribution in [2.75, 3.05) is 0 Å². The quantitative estimate of drug-likeness (QED) is 0.861. The summed E-state index contributed by atoms with van der Waals surface area (Å²) in [7, 11) is -0.977. The summed E-state index contributed by atoms with van der Waals surface area (Å²) in [4.78, 5) is 1.03. The molecule has 0 N–H and O–H groups in total. The molecule has 2 heterocycles. The van der Waals surface area contributed by atoms with Crippen LogP contribution in [0.1, 0.15) is 16.3 Å². The van der Waals surface area contributed by atoms with Gasteiger partial charge in [0.15, 0.2) is 0 Å². The number of thiophene rings is 1. The number of halogens is 1. The predicted molar refractivity (Wildman–Crippen MR) is 66.1 cm³/mol. The van der Waals surface area contributed by atoms with Crippen LogP contribution in [0.15, 0.2) is 22.7 Å². The van der Waals surface area contributed by atoms with E-state index in [4.69, 9.17) is 16.1 Å². The van der Waals surface area contributed by atoms with Gasteiger partial charge in [-0.3, -0.25) is 4.21 Å². The first-order valence-electron chi connectivity index (χ1n) is 4.65. The maximum Gasteiger partial charge on any atom is 0.149 e. The van der Waals surface area contributed by atoms with Crippen LogP contribution in [0.25, 0.3) is 0 Å². The molecular formula is C10H10ClNO2S2. The Morgan fingerprint density at radius 1 is 1.50 bits per heavy atom. The van der Waals surface area contributed by atoms with E-state index in [1.807, 2.05) is 19.1 Å². The number of nitrogens with zero attached hydrogens (tertiary/aromatic N) is 1. The molecule has 0 amide bonds. The van der Waals surface area contributed by atoms with Crippen molar-refractivity contribution < 1.29 is 8.73 Å². The second-order valence-corrected chi connectivity index (χ2v) is 6.63. The Hall–Kier alpha value is -0.650. The van der Waals surface area contributed by atoms with Crippen molar-refractivity contribution in [2.45, 2.75) is 18.4 Å². The third-order valence-electron chi connectivity index (χ3n) is 1.91. The van der Waals surface area contributed by atoms with Gasteiger partial charge in [-0.1, -0.05) is 16.8 Å². The van der Waals surface area contributed by atoms with Gasteiger partial charge in [0.05, 0.1) is 21.5 Å². The number of hydrogen-bond donors (Lipinski definition) is 0. The minimum absolute atomic E-state index is 0.399. The monoisotopic (exact) mass is 275 g/mol. The first-order chi connectivity index (χ1) is 7.63. The molecule has 0 aliphatic heterocycles. The zero-order valence-electron chi connectivity index (χ0n) is 8.60. The highest BCUT2D eigenvalue weighted by Gasteiger charge is 2.09. The topological polar surface area (TPSA) is 43.1 Å². The van der Waals surface area contributed by atoms with Crippen LogP contribution >= 0.6 is 22.9 Å². The summed E-state index contributed by atoms with van der Waals surface area (Å²) in [6, 6.07) is 5.52. The summed E-state index contributed by atoms with van der Waals surface area (Å²) in [5, 5.41) is 3.75. The van der Waals surface area contributed by atoms with Crippen molar-refractivity contribution in [1.82, 2.24) is 5.16 Å². The van der Waals surface area contributed by atoms with E-state index in [9.17, 15) is 4.21 Å². The number of aryl methyl sites for hydroxylation is 1. The molecule has 0 saturated heterocycles. The van der Waals surface area contributed by atoms with Gasteiger partial charge in [-0.15, -0.1) is 11.3 Å². The molecule has 0 aliphatic carbocycles. The Balaban J connectivity index is 1.94. The average molecular weight is 276 g/mol. The lowest BCUT2D eigenvalue weighted by Gasteiger charge is -1.96. The normalized spacial score (nSPS) is 12.9. The molecule has 6 heteroatoms. The fraction of sp³-hybridized carbons (Fsp3) is 0.300. The third kappa shape index (κ3) is 3.17. The first kappa shape index (κ1) is 11.8. The van der Waals surface area contributed by atoms with Crippen molar-refractivity contribution in [1.29, 1.82) is 0 Å². The molecule has 0 aliphatic rings. The summed E-state index contributed by atoms with van der Waals surface area (Å²) < 4.78 is 17.5. The second-order valence-electron chi connectivity index (χ2n) is 3.37. The van der Waals surface area contributed by atoms with Gasteiger partial charge in [-0.25, -0.2) is 0 Å². The molecule has 2 aromatic rings. The molecule has 0 unspecified atom stereocenters. The SMILES string of the molecule is Cc1cc(C[S@@](=O)Cc2ccc(Cl)s2)on1. The third-order valence-corrected chi connectivity index (χ3v) is 4.57. The molecular weight excluding hydrogens is 266 g/mol. The Morgan fingerprint density at radius 3 is 2.88 bits per heavy atom. The molecule has 16 heavy (non-hydrogen) atoms. The van der Waals surface area contributed by atoms with Crippen molar-refractivity contribution >= 4 is 33.7 Å². The van der Waals surface area contributed by atoms with Crippen molar-refractivity contribution in [2.24, 2.45) is 0 Å². The number of aromatic nitrogens is 1. The maximum absolute atomic E-state index is 11.8. The molecule has 3 nitrogen and oxygen atoms in total. The lowest BCUT2D eigenvalue weighted by Crippen LogP contribution is -1.96. The molecule has 0 aromatic carbocycles. The zero-order valence-corrected chi connectivity index (χ0v) is 11.0. The van der Waals surface area contributed by atoms with Gasteiger partial charge < -0.3 is 4.52 Å². The largest absolute Gasteiger partial charge is 0.360 e. The Labute approximate surface area is 105 Å². The molecule has 86 valence electrons. The van der Waals surface area contributed by atoms with E-state index in [0.717, 1.165) is 14.9 Å². The van der Waals surface area contributed by atoms with Crippen LogP contribution in [0.5, 0.6) is 0 Å². The minimum Gasteiger partial charge on any atom is -0.360 e. The molecule has 0 saturated carbocycles. The van der Waals surface area contributed by atoms with Gasteiger partial charge in [0.2, 0.25) is 0 Å². The summed E-state index contributed by atoms with van der Waals surface area (Å²) in [6.45, 7) is 1.84. The molecule has 1 atom stereocenters. The molecule has 0 radical (unpaired) electrons. The molecule has 2 rings (SSSR count). The Kier molecular flexibility index (Phi) is 3.78. The van der Waals surface area contributed by atoms with Crippen LogP contribution in [0.4, 0.5) is 0 Å². The van der Waals surface area contributed by atoms with Crippen LogP contribution in [0, 0.1) is 6.92 Å². The fourth-order valence-electron chi connectivity index (χ4n) is 1.28. The van der Waals surface area contributed by atoms with Gasteiger partial charge in [-0.2, -0.15) is 0 Å². The summed E-state index contributed by atoms with van der Waals surface area (Å²) in [5.41, 5.74) is 0.811. The highest BCUT2D eigenvalue weighted by Crippen LogP contribution is 2.23. The van der Waals surface area contributed by atoms with Crippen LogP contribution in [-0.2, 0) is 22.3 Å². The summed E-state index contributed by atoms with van der Waals surface area (Å²) in [6.07, 6.45) is 0. The first-order valence-corrected chi connectivity index (χ1v) is 7.33. The van der Waals surface area contributed by atoms with E-state index in [1.54, 1.807) is 6.07 Å². The van der Waals surface area contributed by atoms with Crippen molar-refractivity contribution in [3.05, 3.63) is 38.9 Å². The van der Waals surface area contributed by atoms with Gasteiger partial charge >= 0.3 is 0 Å². The Bertz CT molecular complexity index is 462. The zero-order chi connectivity index (χ0) is 11.5. The van der Waals surface area contributed by atoms with Gasteiger partial charge in [0, 0.05) is 21.7 Å². The molecule has 0 bridgehead atoms. The van der Waals surface area contributed by atoms with E-state index in [-0.39, 0.29) is 0 Å². The second kappa shape index (κ2) is 5.12. The van der Waals surface area contributed by atoms with Gasteiger partial charge in [0.1, 0.15) is 5.76 Å². The lowest BCUT2D eigenvalue weighted by molar-refractivity contribution is 0.390. The molecule has 0 spiro atoms. The fourth-order valence-corrected chi connectivity index (χ4v) is 3.76.